The number of hydrogen-bond acceptors (Lipinski definition) is 4. The zero-order valence-corrected chi connectivity index (χ0v) is 17.7. The highest BCUT2D eigenvalue weighted by Gasteiger charge is 2.37. The molecule has 158 valence electrons. The molecule has 29 heavy (non-hydrogen) atoms. The highest BCUT2D eigenvalue weighted by atomic mass is 16.6. The lowest BCUT2D eigenvalue weighted by atomic mass is 10.1. The Bertz CT molecular complexity index is 765. The second kappa shape index (κ2) is 8.43. The molecule has 1 aromatic rings. The summed E-state index contributed by atoms with van der Waals surface area (Å²) >= 11 is 0. The molecule has 1 saturated carbocycles. The van der Waals surface area contributed by atoms with Gasteiger partial charge in [0.05, 0.1) is 6.04 Å². The highest BCUT2D eigenvalue weighted by molar-refractivity contribution is 5.94. The van der Waals surface area contributed by atoms with E-state index in [1.807, 2.05) is 52.0 Å². The first-order valence-corrected chi connectivity index (χ1v) is 10.3. The van der Waals surface area contributed by atoms with Gasteiger partial charge in [-0.05, 0) is 71.1 Å². The Labute approximate surface area is 172 Å². The van der Waals surface area contributed by atoms with Crippen LogP contribution in [0.3, 0.4) is 0 Å². The summed E-state index contributed by atoms with van der Waals surface area (Å²) < 4.78 is 5.43. The van der Waals surface area contributed by atoms with E-state index >= 15 is 0 Å². The van der Waals surface area contributed by atoms with Crippen LogP contribution in [-0.2, 0) is 14.3 Å². The second-order valence-corrected chi connectivity index (χ2v) is 8.95. The molecule has 2 N–H and O–H groups in total. The molecular weight excluding hydrogens is 370 g/mol. The van der Waals surface area contributed by atoms with Crippen LogP contribution in [0.2, 0.25) is 0 Å². The molecule has 0 spiro atoms. The first-order chi connectivity index (χ1) is 13.6. The number of hydrogen-bond donors (Lipinski definition) is 2. The van der Waals surface area contributed by atoms with Crippen molar-refractivity contribution in [2.24, 2.45) is 5.92 Å². The standard InChI is InChI=1S/C22H31N3O4/c1-14(15-9-11-17(12-10-15)24-19(26)16-7-8-16)23-20(27)18-6-5-13-25(18)21(28)29-22(2,3)4/h9-12,14,16,18H,5-8,13H2,1-4H3,(H,23,27)(H,24,26)/t14-,18-/m1/s1. The fourth-order valence-electron chi connectivity index (χ4n) is 3.42. The molecule has 1 aromatic carbocycles. The van der Waals surface area contributed by atoms with Gasteiger partial charge in [-0.2, -0.15) is 0 Å². The van der Waals surface area contributed by atoms with E-state index in [0.717, 1.165) is 30.5 Å². The Balaban J connectivity index is 1.56. The summed E-state index contributed by atoms with van der Waals surface area (Å²) in [4.78, 5) is 38.6. The smallest absolute Gasteiger partial charge is 0.410 e. The number of amides is 3. The van der Waals surface area contributed by atoms with E-state index in [2.05, 4.69) is 10.6 Å². The van der Waals surface area contributed by atoms with Gasteiger partial charge >= 0.3 is 6.09 Å². The summed E-state index contributed by atoms with van der Waals surface area (Å²) in [5.74, 6) is 0.0572. The quantitative estimate of drug-likeness (QED) is 0.789. The number of benzene rings is 1. The summed E-state index contributed by atoms with van der Waals surface area (Å²) in [6, 6.07) is 6.77. The molecule has 2 atom stereocenters. The zero-order chi connectivity index (χ0) is 21.2. The van der Waals surface area contributed by atoms with E-state index < -0.39 is 17.7 Å². The Kier molecular flexibility index (Phi) is 6.15. The lowest BCUT2D eigenvalue weighted by molar-refractivity contribution is -0.126. The maximum Gasteiger partial charge on any atom is 0.410 e. The molecule has 0 radical (unpaired) electrons. The van der Waals surface area contributed by atoms with Gasteiger partial charge in [-0.3, -0.25) is 14.5 Å². The SMILES string of the molecule is C[C@@H](NC(=O)[C@H]1CCCN1C(=O)OC(C)(C)C)c1ccc(NC(=O)C2CC2)cc1. The van der Waals surface area contributed by atoms with Crippen molar-refractivity contribution < 1.29 is 19.1 Å². The minimum absolute atomic E-state index is 0.0718. The minimum Gasteiger partial charge on any atom is -0.444 e. The molecule has 1 heterocycles. The van der Waals surface area contributed by atoms with Crippen molar-refractivity contribution in [2.75, 3.05) is 11.9 Å². The Morgan fingerprint density at radius 3 is 2.31 bits per heavy atom. The van der Waals surface area contributed by atoms with Crippen molar-refractivity contribution in [1.29, 1.82) is 0 Å². The van der Waals surface area contributed by atoms with Gasteiger partial charge in [0.1, 0.15) is 11.6 Å². The minimum atomic E-state index is -0.593. The Morgan fingerprint density at radius 1 is 1.07 bits per heavy atom. The first kappa shape index (κ1) is 21.1. The van der Waals surface area contributed by atoms with Crippen LogP contribution >= 0.6 is 0 Å². The van der Waals surface area contributed by atoms with Crippen molar-refractivity contribution >= 4 is 23.6 Å². The van der Waals surface area contributed by atoms with Crippen molar-refractivity contribution in [3.63, 3.8) is 0 Å². The number of ether oxygens (including phenoxy) is 1. The summed E-state index contributed by atoms with van der Waals surface area (Å²) in [6.45, 7) is 7.87. The molecule has 2 fully saturated rings. The first-order valence-electron chi connectivity index (χ1n) is 10.3. The number of nitrogens with zero attached hydrogens (tertiary/aromatic N) is 1. The number of anilines is 1. The van der Waals surface area contributed by atoms with Crippen molar-refractivity contribution in [2.45, 2.75) is 71.1 Å². The molecular formula is C22H31N3O4. The topological polar surface area (TPSA) is 87.7 Å². The number of likely N-dealkylation sites (tertiary alicyclic amines) is 1. The monoisotopic (exact) mass is 401 g/mol. The largest absolute Gasteiger partial charge is 0.444 e. The maximum atomic E-state index is 12.8. The van der Waals surface area contributed by atoms with Gasteiger partial charge in [0.15, 0.2) is 0 Å². The van der Waals surface area contributed by atoms with E-state index in [0.29, 0.717) is 13.0 Å². The van der Waals surface area contributed by atoms with Crippen LogP contribution < -0.4 is 10.6 Å². The zero-order valence-electron chi connectivity index (χ0n) is 17.7. The van der Waals surface area contributed by atoms with E-state index in [1.165, 1.54) is 4.90 Å². The summed E-state index contributed by atoms with van der Waals surface area (Å²) in [5, 5.41) is 5.91. The van der Waals surface area contributed by atoms with Gasteiger partial charge in [0, 0.05) is 18.2 Å². The average Bonchev–Trinajstić information content (AvgIpc) is 3.37. The maximum absolute atomic E-state index is 12.8. The second-order valence-electron chi connectivity index (χ2n) is 8.95. The predicted molar refractivity (Wildman–Crippen MR) is 110 cm³/mol. The molecule has 3 amide bonds. The van der Waals surface area contributed by atoms with Crippen LogP contribution in [0.4, 0.5) is 10.5 Å². The van der Waals surface area contributed by atoms with Gasteiger partial charge in [-0.1, -0.05) is 12.1 Å². The van der Waals surface area contributed by atoms with Gasteiger partial charge < -0.3 is 15.4 Å². The molecule has 7 nitrogen and oxygen atoms in total. The Morgan fingerprint density at radius 2 is 1.72 bits per heavy atom. The summed E-state index contributed by atoms with van der Waals surface area (Å²) in [5.41, 5.74) is 1.10. The van der Waals surface area contributed by atoms with Crippen LogP contribution in [0.5, 0.6) is 0 Å². The lowest BCUT2D eigenvalue weighted by Crippen LogP contribution is -2.48. The molecule has 0 aromatic heterocycles. The van der Waals surface area contributed by atoms with E-state index in [1.54, 1.807) is 0 Å². The third-order valence-electron chi connectivity index (χ3n) is 5.17. The molecule has 7 heteroatoms. The highest BCUT2D eigenvalue weighted by Crippen LogP contribution is 2.30. The van der Waals surface area contributed by atoms with Crippen LogP contribution in [0.25, 0.3) is 0 Å². The number of carbonyl (C=O) groups excluding carboxylic acids is 3. The van der Waals surface area contributed by atoms with Crippen molar-refractivity contribution in [3.05, 3.63) is 29.8 Å². The van der Waals surface area contributed by atoms with E-state index in [9.17, 15) is 14.4 Å². The molecule has 0 unspecified atom stereocenters. The fourth-order valence-corrected chi connectivity index (χ4v) is 3.42. The van der Waals surface area contributed by atoms with Crippen LogP contribution in [-0.4, -0.2) is 41.0 Å². The molecule has 1 saturated heterocycles. The molecule has 0 bridgehead atoms. The predicted octanol–water partition coefficient (Wildman–Crippen LogP) is 3.61. The number of nitrogens with one attached hydrogen (secondary N) is 2. The molecule has 1 aliphatic heterocycles. The molecule has 1 aliphatic carbocycles. The van der Waals surface area contributed by atoms with Gasteiger partial charge in [0.25, 0.3) is 0 Å². The fraction of sp³-hybridized carbons (Fsp3) is 0.591. The summed E-state index contributed by atoms with van der Waals surface area (Å²) in [7, 11) is 0. The Hall–Kier alpha value is -2.57. The van der Waals surface area contributed by atoms with Gasteiger partial charge in [-0.15, -0.1) is 0 Å². The number of rotatable bonds is 5. The average molecular weight is 402 g/mol. The van der Waals surface area contributed by atoms with Gasteiger partial charge in [-0.25, -0.2) is 4.79 Å². The van der Waals surface area contributed by atoms with Crippen LogP contribution in [0, 0.1) is 5.92 Å². The third-order valence-corrected chi connectivity index (χ3v) is 5.17. The number of carbonyl (C=O) groups is 3. The normalized spacial score (nSPS) is 20.1. The summed E-state index contributed by atoms with van der Waals surface area (Å²) in [6.07, 6.45) is 2.90. The molecule has 3 rings (SSSR count). The molecule has 2 aliphatic rings. The third kappa shape index (κ3) is 5.71. The lowest BCUT2D eigenvalue weighted by Gasteiger charge is -2.28. The van der Waals surface area contributed by atoms with E-state index in [4.69, 9.17) is 4.74 Å². The van der Waals surface area contributed by atoms with Gasteiger partial charge in [0.2, 0.25) is 11.8 Å². The van der Waals surface area contributed by atoms with Crippen molar-refractivity contribution in [1.82, 2.24) is 10.2 Å². The van der Waals surface area contributed by atoms with Crippen molar-refractivity contribution in [3.8, 4) is 0 Å². The van der Waals surface area contributed by atoms with Crippen LogP contribution in [0.15, 0.2) is 24.3 Å². The van der Waals surface area contributed by atoms with Crippen LogP contribution in [0.1, 0.15) is 65.0 Å². The van der Waals surface area contributed by atoms with E-state index in [-0.39, 0.29) is 23.8 Å².